The molecule has 1 atom stereocenters. The molecule has 0 spiro atoms. The lowest BCUT2D eigenvalue weighted by Crippen LogP contribution is -2.32. The molecule has 0 aromatic rings. The molecular formula is C9H19BrN2O. The number of hydrogen-bond donors (Lipinski definition) is 2. The second kappa shape index (κ2) is 7.35. The van der Waals surface area contributed by atoms with E-state index < -0.39 is 0 Å². The van der Waals surface area contributed by atoms with E-state index >= 15 is 0 Å². The monoisotopic (exact) mass is 250 g/mol. The van der Waals surface area contributed by atoms with Crippen molar-refractivity contribution in [3.05, 3.63) is 10.7 Å². The minimum atomic E-state index is 0.217. The van der Waals surface area contributed by atoms with E-state index in [-0.39, 0.29) is 12.1 Å². The van der Waals surface area contributed by atoms with Crippen molar-refractivity contribution in [1.29, 1.82) is 0 Å². The molecule has 4 heteroatoms. The molecule has 13 heavy (non-hydrogen) atoms. The van der Waals surface area contributed by atoms with Gasteiger partial charge in [-0.25, -0.2) is 0 Å². The smallest absolute Gasteiger partial charge is 0.0670 e. The van der Waals surface area contributed by atoms with Crippen LogP contribution in [0, 0.1) is 0 Å². The lowest BCUT2D eigenvalue weighted by atomic mass is 10.3. The van der Waals surface area contributed by atoms with E-state index in [4.69, 9.17) is 4.74 Å². The molecule has 1 unspecified atom stereocenters. The Balaban J connectivity index is 3.95. The number of rotatable bonds is 6. The normalized spacial score (nSPS) is 14.8. The SMILES string of the molecule is CN/C=C(/Br)C(COC(C)C)NC. The highest BCUT2D eigenvalue weighted by atomic mass is 79.9. The first-order valence-electron chi connectivity index (χ1n) is 4.43. The number of nitrogens with one attached hydrogen (secondary N) is 2. The summed E-state index contributed by atoms with van der Waals surface area (Å²) in [6, 6.07) is 0.217. The summed E-state index contributed by atoms with van der Waals surface area (Å²) in [5.41, 5.74) is 0. The molecule has 0 amide bonds. The number of halogens is 1. The Kier molecular flexibility index (Phi) is 7.32. The van der Waals surface area contributed by atoms with Crippen LogP contribution in [0.2, 0.25) is 0 Å². The van der Waals surface area contributed by atoms with Crippen molar-refractivity contribution in [2.24, 2.45) is 0 Å². The average Bonchev–Trinajstić information content (AvgIpc) is 2.05. The molecule has 0 aliphatic heterocycles. The molecule has 2 N–H and O–H groups in total. The predicted molar refractivity (Wildman–Crippen MR) is 60.0 cm³/mol. The summed E-state index contributed by atoms with van der Waals surface area (Å²) in [7, 11) is 3.79. The summed E-state index contributed by atoms with van der Waals surface area (Å²) in [4.78, 5) is 0. The summed E-state index contributed by atoms with van der Waals surface area (Å²) in [5.74, 6) is 0. The van der Waals surface area contributed by atoms with E-state index in [1.165, 1.54) is 0 Å². The third kappa shape index (κ3) is 6.07. The molecule has 0 aromatic heterocycles. The molecule has 3 nitrogen and oxygen atoms in total. The van der Waals surface area contributed by atoms with E-state index in [1.54, 1.807) is 0 Å². The zero-order chi connectivity index (χ0) is 10.3. The van der Waals surface area contributed by atoms with Gasteiger partial charge in [-0.3, -0.25) is 0 Å². The zero-order valence-electron chi connectivity index (χ0n) is 8.73. The highest BCUT2D eigenvalue weighted by molar-refractivity contribution is 9.11. The van der Waals surface area contributed by atoms with Gasteiger partial charge in [0.2, 0.25) is 0 Å². The topological polar surface area (TPSA) is 33.3 Å². The molecule has 0 saturated carbocycles. The van der Waals surface area contributed by atoms with Crippen LogP contribution in [-0.2, 0) is 4.74 Å². The fourth-order valence-corrected chi connectivity index (χ4v) is 1.42. The first kappa shape index (κ1) is 12.9. The molecule has 0 fully saturated rings. The Hall–Kier alpha value is -0.0600. The Morgan fingerprint density at radius 3 is 2.46 bits per heavy atom. The summed E-state index contributed by atoms with van der Waals surface area (Å²) in [6.07, 6.45) is 2.18. The van der Waals surface area contributed by atoms with Gasteiger partial charge in [0.05, 0.1) is 18.8 Å². The summed E-state index contributed by atoms with van der Waals surface area (Å²) < 4.78 is 6.57. The Bertz CT molecular complexity index is 160. The second-order valence-corrected chi connectivity index (χ2v) is 3.96. The minimum Gasteiger partial charge on any atom is -0.393 e. The van der Waals surface area contributed by atoms with E-state index in [0.29, 0.717) is 6.61 Å². The summed E-state index contributed by atoms with van der Waals surface area (Å²) in [5, 5.41) is 6.13. The molecule has 0 rings (SSSR count). The summed E-state index contributed by atoms with van der Waals surface area (Å²) >= 11 is 3.47. The first-order chi connectivity index (χ1) is 6.11. The van der Waals surface area contributed by atoms with Gasteiger partial charge in [0, 0.05) is 17.7 Å². The van der Waals surface area contributed by atoms with Crippen molar-refractivity contribution < 1.29 is 4.74 Å². The average molecular weight is 251 g/mol. The van der Waals surface area contributed by atoms with Crippen LogP contribution in [0.5, 0.6) is 0 Å². The van der Waals surface area contributed by atoms with Crippen LogP contribution in [0.15, 0.2) is 10.7 Å². The number of likely N-dealkylation sites (N-methyl/N-ethyl adjacent to an activating group) is 1. The van der Waals surface area contributed by atoms with Crippen LogP contribution in [0.3, 0.4) is 0 Å². The van der Waals surface area contributed by atoms with E-state index in [1.807, 2.05) is 34.1 Å². The maximum absolute atomic E-state index is 5.50. The van der Waals surface area contributed by atoms with Gasteiger partial charge < -0.3 is 15.4 Å². The number of hydrogen-bond acceptors (Lipinski definition) is 3. The third-order valence-corrected chi connectivity index (χ3v) is 2.34. The van der Waals surface area contributed by atoms with Gasteiger partial charge >= 0.3 is 0 Å². The van der Waals surface area contributed by atoms with Crippen molar-refractivity contribution in [3.63, 3.8) is 0 Å². The Morgan fingerprint density at radius 2 is 2.08 bits per heavy atom. The lowest BCUT2D eigenvalue weighted by Gasteiger charge is -2.17. The van der Waals surface area contributed by atoms with Crippen LogP contribution in [0.25, 0.3) is 0 Å². The molecule has 0 aliphatic carbocycles. The van der Waals surface area contributed by atoms with E-state index in [2.05, 4.69) is 26.6 Å². The largest absolute Gasteiger partial charge is 0.393 e. The van der Waals surface area contributed by atoms with Gasteiger partial charge in [-0.05, 0) is 20.9 Å². The van der Waals surface area contributed by atoms with Gasteiger partial charge in [0.1, 0.15) is 0 Å². The predicted octanol–water partition coefficient (Wildman–Crippen LogP) is 1.46. The van der Waals surface area contributed by atoms with Crippen LogP contribution in [0.4, 0.5) is 0 Å². The lowest BCUT2D eigenvalue weighted by molar-refractivity contribution is 0.0702. The maximum Gasteiger partial charge on any atom is 0.0670 e. The standard InChI is InChI=1S/C9H19BrN2O/c1-7(2)13-6-9(12-4)8(10)5-11-3/h5,7,9,11-12H,6H2,1-4H3/b8-5+. The van der Waals surface area contributed by atoms with Crippen LogP contribution in [-0.4, -0.2) is 32.8 Å². The highest BCUT2D eigenvalue weighted by Crippen LogP contribution is 2.10. The van der Waals surface area contributed by atoms with Crippen molar-refractivity contribution in [3.8, 4) is 0 Å². The van der Waals surface area contributed by atoms with Gasteiger partial charge in [0.15, 0.2) is 0 Å². The maximum atomic E-state index is 5.50. The van der Waals surface area contributed by atoms with Crippen LogP contribution >= 0.6 is 15.9 Å². The van der Waals surface area contributed by atoms with Gasteiger partial charge in [0.25, 0.3) is 0 Å². The van der Waals surface area contributed by atoms with Crippen molar-refractivity contribution >= 4 is 15.9 Å². The quantitative estimate of drug-likeness (QED) is 0.749. The molecule has 0 aliphatic rings. The van der Waals surface area contributed by atoms with E-state index in [9.17, 15) is 0 Å². The first-order valence-corrected chi connectivity index (χ1v) is 5.22. The fraction of sp³-hybridized carbons (Fsp3) is 0.778. The van der Waals surface area contributed by atoms with Crippen LogP contribution in [0.1, 0.15) is 13.8 Å². The van der Waals surface area contributed by atoms with Crippen molar-refractivity contribution in [1.82, 2.24) is 10.6 Å². The number of ether oxygens (including phenoxy) is 1. The molecule has 0 bridgehead atoms. The Labute approximate surface area is 89.1 Å². The minimum absolute atomic E-state index is 0.217. The molecule has 78 valence electrons. The third-order valence-electron chi connectivity index (χ3n) is 1.56. The van der Waals surface area contributed by atoms with Crippen LogP contribution < -0.4 is 10.6 Å². The Morgan fingerprint density at radius 1 is 1.46 bits per heavy atom. The van der Waals surface area contributed by atoms with Crippen molar-refractivity contribution in [2.45, 2.75) is 26.0 Å². The van der Waals surface area contributed by atoms with E-state index in [0.717, 1.165) is 4.48 Å². The molecule has 0 aromatic carbocycles. The zero-order valence-corrected chi connectivity index (χ0v) is 10.3. The van der Waals surface area contributed by atoms with Gasteiger partial charge in [-0.2, -0.15) is 0 Å². The fourth-order valence-electron chi connectivity index (χ4n) is 0.828. The van der Waals surface area contributed by atoms with Gasteiger partial charge in [-0.1, -0.05) is 15.9 Å². The molecular weight excluding hydrogens is 232 g/mol. The molecule has 0 radical (unpaired) electrons. The molecule has 0 saturated heterocycles. The van der Waals surface area contributed by atoms with Crippen molar-refractivity contribution in [2.75, 3.05) is 20.7 Å². The summed E-state index contributed by atoms with van der Waals surface area (Å²) in [6.45, 7) is 4.73. The molecule has 0 heterocycles. The second-order valence-electron chi connectivity index (χ2n) is 3.04. The highest BCUT2D eigenvalue weighted by Gasteiger charge is 2.10. The van der Waals surface area contributed by atoms with Gasteiger partial charge in [-0.15, -0.1) is 0 Å².